The van der Waals surface area contributed by atoms with E-state index in [0.717, 1.165) is 18.5 Å². The lowest BCUT2D eigenvalue weighted by Gasteiger charge is -2.20. The number of hydrogen-bond acceptors (Lipinski definition) is 3. The van der Waals surface area contributed by atoms with E-state index in [1.165, 1.54) is 0 Å². The lowest BCUT2D eigenvalue weighted by Crippen LogP contribution is -2.35. The van der Waals surface area contributed by atoms with Gasteiger partial charge >= 0.3 is 0 Å². The van der Waals surface area contributed by atoms with Crippen LogP contribution in [0.3, 0.4) is 0 Å². The molecule has 0 aliphatic carbocycles. The molecule has 1 N–H and O–H groups in total. The van der Waals surface area contributed by atoms with Crippen LogP contribution in [0.4, 0.5) is 0 Å². The van der Waals surface area contributed by atoms with Crippen LogP contribution in [-0.4, -0.2) is 12.1 Å². The van der Waals surface area contributed by atoms with E-state index in [1.807, 2.05) is 18.2 Å². The first kappa shape index (κ1) is 15.8. The summed E-state index contributed by atoms with van der Waals surface area (Å²) in [5, 5.41) is 12.5. The Labute approximate surface area is 120 Å². The van der Waals surface area contributed by atoms with Gasteiger partial charge in [0, 0.05) is 18.5 Å². The first-order valence-corrected chi connectivity index (χ1v) is 6.83. The normalized spacial score (nSPS) is 11.1. The van der Waals surface area contributed by atoms with Crippen molar-refractivity contribution in [1.82, 2.24) is 5.32 Å². The highest BCUT2D eigenvalue weighted by atomic mass is 35.5. The summed E-state index contributed by atoms with van der Waals surface area (Å²) in [4.78, 5) is 0. The minimum atomic E-state index is 0.0823. The Kier molecular flexibility index (Phi) is 6.14. The summed E-state index contributed by atoms with van der Waals surface area (Å²) in [5.41, 5.74) is 1.21. The summed E-state index contributed by atoms with van der Waals surface area (Å²) in [6.45, 7) is 7.68. The maximum atomic E-state index is 8.44. The van der Waals surface area contributed by atoms with Crippen molar-refractivity contribution in [3.05, 3.63) is 28.8 Å². The average Bonchev–Trinajstić information content (AvgIpc) is 2.33. The second kappa shape index (κ2) is 7.37. The van der Waals surface area contributed by atoms with Crippen molar-refractivity contribution in [2.45, 2.75) is 45.7 Å². The van der Waals surface area contributed by atoms with Gasteiger partial charge < -0.3 is 10.1 Å². The lowest BCUT2D eigenvalue weighted by molar-refractivity contribution is 0.312. The van der Waals surface area contributed by atoms with Gasteiger partial charge in [-0.05, 0) is 44.9 Å². The Bertz CT molecular complexity index is 446. The molecule has 104 valence electrons. The smallest absolute Gasteiger partial charge is 0.137 e. The number of rotatable bonds is 6. The topological polar surface area (TPSA) is 45.0 Å². The molecule has 0 saturated heterocycles. The van der Waals surface area contributed by atoms with Gasteiger partial charge in [0.05, 0.1) is 17.7 Å². The zero-order valence-corrected chi connectivity index (χ0v) is 12.5. The number of ether oxygens (including phenoxy) is 1. The van der Waals surface area contributed by atoms with E-state index in [9.17, 15) is 0 Å². The van der Waals surface area contributed by atoms with Crippen molar-refractivity contribution in [2.75, 3.05) is 6.61 Å². The molecule has 0 fully saturated rings. The summed E-state index contributed by atoms with van der Waals surface area (Å²) in [7, 11) is 0. The van der Waals surface area contributed by atoms with Crippen molar-refractivity contribution in [3.8, 4) is 11.8 Å². The van der Waals surface area contributed by atoms with Crippen molar-refractivity contribution in [1.29, 1.82) is 5.26 Å². The van der Waals surface area contributed by atoms with Crippen LogP contribution >= 0.6 is 11.6 Å². The lowest BCUT2D eigenvalue weighted by atomic mass is 10.1. The molecule has 0 unspecified atom stereocenters. The summed E-state index contributed by atoms with van der Waals surface area (Å²) in [6.07, 6.45) is 1.23. The summed E-state index contributed by atoms with van der Waals surface area (Å²) >= 11 is 6.17. The quantitative estimate of drug-likeness (QED) is 0.804. The molecule has 1 rings (SSSR count). The van der Waals surface area contributed by atoms with Gasteiger partial charge in [-0.15, -0.1) is 0 Å². The van der Waals surface area contributed by atoms with Gasteiger partial charge in [-0.2, -0.15) is 5.26 Å². The Morgan fingerprint density at radius 1 is 1.37 bits per heavy atom. The van der Waals surface area contributed by atoms with Crippen LogP contribution in [0, 0.1) is 11.3 Å². The molecule has 3 nitrogen and oxygen atoms in total. The van der Waals surface area contributed by atoms with E-state index in [4.69, 9.17) is 21.6 Å². The third kappa shape index (κ3) is 6.47. The van der Waals surface area contributed by atoms with E-state index < -0.39 is 0 Å². The molecule has 1 aromatic carbocycles. The Morgan fingerprint density at radius 2 is 2.11 bits per heavy atom. The Hall–Kier alpha value is -1.24. The second-order valence-corrected chi connectivity index (χ2v) is 5.89. The molecule has 0 aliphatic rings. The number of nitriles is 1. The number of nitrogens with one attached hydrogen (secondary N) is 1. The Morgan fingerprint density at radius 3 is 2.68 bits per heavy atom. The summed E-state index contributed by atoms with van der Waals surface area (Å²) < 4.78 is 5.54. The molecule has 1 aromatic rings. The van der Waals surface area contributed by atoms with Gasteiger partial charge in [-0.25, -0.2) is 0 Å². The fourth-order valence-corrected chi connectivity index (χ4v) is 1.73. The monoisotopic (exact) mass is 280 g/mol. The average molecular weight is 281 g/mol. The van der Waals surface area contributed by atoms with Crippen LogP contribution in [-0.2, 0) is 6.54 Å². The molecule has 4 heteroatoms. The highest BCUT2D eigenvalue weighted by Crippen LogP contribution is 2.25. The van der Waals surface area contributed by atoms with Crippen LogP contribution in [0.25, 0.3) is 0 Å². The van der Waals surface area contributed by atoms with Crippen LogP contribution in [0.5, 0.6) is 5.75 Å². The molecule has 0 aromatic heterocycles. The van der Waals surface area contributed by atoms with Crippen molar-refractivity contribution >= 4 is 11.6 Å². The standard InChI is InChI=1S/C15H21ClN2O/c1-15(2,3)18-11-12-6-7-14(13(16)10-12)19-9-5-4-8-17/h6-7,10,18H,4-5,9,11H2,1-3H3. The number of halogens is 1. The van der Waals surface area contributed by atoms with Crippen LogP contribution in [0.2, 0.25) is 5.02 Å². The van der Waals surface area contributed by atoms with Crippen LogP contribution < -0.4 is 10.1 Å². The molecule has 0 heterocycles. The minimum absolute atomic E-state index is 0.0823. The largest absolute Gasteiger partial charge is 0.492 e. The fraction of sp³-hybridized carbons (Fsp3) is 0.533. The maximum absolute atomic E-state index is 8.44. The van der Waals surface area contributed by atoms with Gasteiger partial charge in [-0.3, -0.25) is 0 Å². The fourth-order valence-electron chi connectivity index (χ4n) is 1.47. The van der Waals surface area contributed by atoms with Gasteiger partial charge in [0.2, 0.25) is 0 Å². The molecule has 0 radical (unpaired) electrons. The third-order valence-corrected chi connectivity index (χ3v) is 2.80. The highest BCUT2D eigenvalue weighted by molar-refractivity contribution is 6.32. The Balaban J connectivity index is 2.52. The predicted molar refractivity (Wildman–Crippen MR) is 78.4 cm³/mol. The minimum Gasteiger partial charge on any atom is -0.492 e. The summed E-state index contributed by atoms with van der Waals surface area (Å²) in [6, 6.07) is 7.89. The van der Waals surface area contributed by atoms with E-state index >= 15 is 0 Å². The second-order valence-electron chi connectivity index (χ2n) is 5.48. The number of benzene rings is 1. The predicted octanol–water partition coefficient (Wildman–Crippen LogP) is 3.91. The molecular weight excluding hydrogens is 260 g/mol. The maximum Gasteiger partial charge on any atom is 0.137 e. The highest BCUT2D eigenvalue weighted by Gasteiger charge is 2.09. The first-order valence-electron chi connectivity index (χ1n) is 6.45. The van der Waals surface area contributed by atoms with E-state index in [1.54, 1.807) is 0 Å². The van der Waals surface area contributed by atoms with Gasteiger partial charge in [0.25, 0.3) is 0 Å². The first-order chi connectivity index (χ1) is 8.92. The molecular formula is C15H21ClN2O. The van der Waals surface area contributed by atoms with E-state index in [2.05, 4.69) is 32.2 Å². The van der Waals surface area contributed by atoms with Crippen molar-refractivity contribution in [3.63, 3.8) is 0 Å². The third-order valence-electron chi connectivity index (χ3n) is 2.51. The van der Waals surface area contributed by atoms with Crippen molar-refractivity contribution in [2.24, 2.45) is 0 Å². The van der Waals surface area contributed by atoms with Crippen LogP contribution in [0.1, 0.15) is 39.2 Å². The van der Waals surface area contributed by atoms with Gasteiger partial charge in [-0.1, -0.05) is 17.7 Å². The molecule has 0 saturated carbocycles. The van der Waals surface area contributed by atoms with Crippen LogP contribution in [0.15, 0.2) is 18.2 Å². The number of nitrogens with zero attached hydrogens (tertiary/aromatic N) is 1. The molecule has 0 atom stereocenters. The molecule has 0 bridgehead atoms. The zero-order valence-electron chi connectivity index (χ0n) is 11.8. The number of unbranched alkanes of at least 4 members (excludes halogenated alkanes) is 1. The molecule has 0 amide bonds. The molecule has 0 aliphatic heterocycles. The van der Waals surface area contributed by atoms with Gasteiger partial charge in [0.1, 0.15) is 5.75 Å². The number of hydrogen-bond donors (Lipinski definition) is 1. The molecule has 19 heavy (non-hydrogen) atoms. The summed E-state index contributed by atoms with van der Waals surface area (Å²) in [5.74, 6) is 0.680. The van der Waals surface area contributed by atoms with E-state index in [-0.39, 0.29) is 5.54 Å². The zero-order chi connectivity index (χ0) is 14.3. The van der Waals surface area contributed by atoms with E-state index in [0.29, 0.717) is 23.8 Å². The SMILES string of the molecule is CC(C)(C)NCc1ccc(OCCCC#N)c(Cl)c1. The molecule has 0 spiro atoms. The van der Waals surface area contributed by atoms with Gasteiger partial charge in [0.15, 0.2) is 0 Å². The van der Waals surface area contributed by atoms with Crippen molar-refractivity contribution < 1.29 is 4.74 Å².